The van der Waals surface area contributed by atoms with Crippen molar-refractivity contribution in [2.75, 3.05) is 12.4 Å². The van der Waals surface area contributed by atoms with Gasteiger partial charge in [0.05, 0.1) is 17.9 Å². The van der Waals surface area contributed by atoms with E-state index in [0.29, 0.717) is 10.7 Å². The molecule has 0 spiro atoms. The molecule has 0 fully saturated rings. The van der Waals surface area contributed by atoms with Crippen molar-refractivity contribution in [3.8, 4) is 0 Å². The number of halogens is 1. The molecule has 1 atom stereocenters. The highest BCUT2D eigenvalue weighted by molar-refractivity contribution is 6.30. The molecule has 1 unspecified atom stereocenters. The molecule has 0 bridgehead atoms. The van der Waals surface area contributed by atoms with Gasteiger partial charge >= 0.3 is 0 Å². The summed E-state index contributed by atoms with van der Waals surface area (Å²) in [4.78, 5) is 16.2. The number of anilines is 1. The number of aromatic nitrogens is 1. The lowest BCUT2D eigenvalue weighted by molar-refractivity contribution is 0.0935. The van der Waals surface area contributed by atoms with Crippen LogP contribution >= 0.6 is 11.6 Å². The van der Waals surface area contributed by atoms with Crippen LogP contribution in [-0.2, 0) is 0 Å². The van der Waals surface area contributed by atoms with E-state index in [1.165, 1.54) is 0 Å². The number of nitrogens with one attached hydrogen (secondary N) is 2. The van der Waals surface area contributed by atoms with Gasteiger partial charge in [-0.15, -0.1) is 0 Å². The highest BCUT2D eigenvalue weighted by Crippen LogP contribution is 2.16. The summed E-state index contributed by atoms with van der Waals surface area (Å²) in [6.07, 6.45) is 1.63. The minimum atomic E-state index is -0.199. The molecule has 0 aliphatic heterocycles. The normalized spacial score (nSPS) is 11.8. The van der Waals surface area contributed by atoms with Gasteiger partial charge in [0, 0.05) is 12.1 Å². The van der Waals surface area contributed by atoms with Crippen molar-refractivity contribution in [1.82, 2.24) is 10.3 Å². The lowest BCUT2D eigenvalue weighted by Crippen LogP contribution is -2.27. The first-order valence-electron chi connectivity index (χ1n) is 6.30. The molecule has 0 aliphatic rings. The predicted octanol–water partition coefficient (Wildman–Crippen LogP) is 3.27. The number of rotatable bonds is 4. The molecule has 0 aliphatic carbocycles. The molecule has 1 aromatic carbocycles. The lowest BCUT2D eigenvalue weighted by atomic mass is 10.1. The van der Waals surface area contributed by atoms with Gasteiger partial charge in [-0.05, 0) is 36.8 Å². The van der Waals surface area contributed by atoms with Gasteiger partial charge in [0.15, 0.2) is 0 Å². The summed E-state index contributed by atoms with van der Waals surface area (Å²) in [5, 5.41) is 6.54. The largest absolute Gasteiger partial charge is 0.387 e. The van der Waals surface area contributed by atoms with Crippen LogP contribution in [0.4, 0.5) is 5.69 Å². The van der Waals surface area contributed by atoms with Crippen LogP contribution < -0.4 is 10.6 Å². The summed E-state index contributed by atoms with van der Waals surface area (Å²) in [6.45, 7) is 1.92. The van der Waals surface area contributed by atoms with Gasteiger partial charge in [0.25, 0.3) is 5.91 Å². The maximum Gasteiger partial charge on any atom is 0.270 e. The Labute approximate surface area is 123 Å². The van der Waals surface area contributed by atoms with Crippen LogP contribution in [0.5, 0.6) is 0 Å². The first kappa shape index (κ1) is 14.3. The van der Waals surface area contributed by atoms with Gasteiger partial charge in [0.1, 0.15) is 5.69 Å². The maximum absolute atomic E-state index is 12.1. The van der Waals surface area contributed by atoms with Crippen LogP contribution in [-0.4, -0.2) is 17.9 Å². The van der Waals surface area contributed by atoms with Crippen LogP contribution in [0.15, 0.2) is 42.6 Å². The minimum Gasteiger partial charge on any atom is -0.387 e. The lowest BCUT2D eigenvalue weighted by Gasteiger charge is -2.14. The van der Waals surface area contributed by atoms with Crippen LogP contribution in [0.25, 0.3) is 0 Å². The number of benzene rings is 1. The summed E-state index contributed by atoms with van der Waals surface area (Å²) >= 11 is 5.84. The Balaban J connectivity index is 2.04. The first-order valence-corrected chi connectivity index (χ1v) is 6.68. The summed E-state index contributed by atoms with van der Waals surface area (Å²) < 4.78 is 0. The molecule has 2 N–H and O–H groups in total. The Morgan fingerprint density at radius 2 is 1.90 bits per heavy atom. The van der Waals surface area contributed by atoms with E-state index in [2.05, 4.69) is 15.6 Å². The third-order valence-corrected chi connectivity index (χ3v) is 3.25. The van der Waals surface area contributed by atoms with E-state index in [1.54, 1.807) is 31.4 Å². The molecule has 2 rings (SSSR count). The zero-order valence-corrected chi connectivity index (χ0v) is 12.1. The molecule has 0 saturated heterocycles. The number of amides is 1. The quantitative estimate of drug-likeness (QED) is 0.908. The third kappa shape index (κ3) is 3.48. The van der Waals surface area contributed by atoms with Crippen molar-refractivity contribution >= 4 is 23.2 Å². The average molecular weight is 290 g/mol. The highest BCUT2D eigenvalue weighted by Gasteiger charge is 2.12. The third-order valence-electron chi connectivity index (χ3n) is 3.00. The molecule has 104 valence electrons. The van der Waals surface area contributed by atoms with Crippen LogP contribution in [0.3, 0.4) is 0 Å². The van der Waals surface area contributed by atoms with E-state index < -0.39 is 0 Å². The number of pyridine rings is 1. The van der Waals surface area contributed by atoms with Crippen molar-refractivity contribution in [1.29, 1.82) is 0 Å². The van der Waals surface area contributed by atoms with Crippen LogP contribution in [0.2, 0.25) is 5.02 Å². The summed E-state index contributed by atoms with van der Waals surface area (Å²) in [5.74, 6) is -0.199. The fourth-order valence-electron chi connectivity index (χ4n) is 1.78. The average Bonchev–Trinajstić information content (AvgIpc) is 2.48. The number of carbonyl (C=O) groups excluding carboxylic acids is 1. The summed E-state index contributed by atoms with van der Waals surface area (Å²) in [6, 6.07) is 10.8. The zero-order valence-electron chi connectivity index (χ0n) is 11.4. The first-order chi connectivity index (χ1) is 9.60. The molecule has 1 amide bonds. The van der Waals surface area contributed by atoms with Gasteiger partial charge in [-0.2, -0.15) is 0 Å². The van der Waals surface area contributed by atoms with Crippen molar-refractivity contribution < 1.29 is 4.79 Å². The van der Waals surface area contributed by atoms with Gasteiger partial charge in [-0.1, -0.05) is 23.7 Å². The Hall–Kier alpha value is -2.07. The number of hydrogen-bond donors (Lipinski definition) is 2. The van der Waals surface area contributed by atoms with E-state index in [1.807, 2.05) is 25.1 Å². The molecule has 5 heteroatoms. The zero-order chi connectivity index (χ0) is 14.5. The molecule has 4 nitrogen and oxygen atoms in total. The van der Waals surface area contributed by atoms with E-state index >= 15 is 0 Å². The Bertz CT molecular complexity index is 581. The van der Waals surface area contributed by atoms with E-state index in [9.17, 15) is 4.79 Å². The number of carbonyl (C=O) groups is 1. The molecule has 0 radical (unpaired) electrons. The van der Waals surface area contributed by atoms with Crippen LogP contribution in [0, 0.1) is 0 Å². The van der Waals surface area contributed by atoms with Crippen molar-refractivity contribution in [3.63, 3.8) is 0 Å². The Kier molecular flexibility index (Phi) is 4.58. The standard InChI is InChI=1S/C15H16ClN3O/c1-10(11-3-5-12(16)6-4-11)19-15(20)14-8-7-13(17-2)9-18-14/h3-10,17H,1-2H3,(H,19,20). The van der Waals surface area contributed by atoms with Crippen LogP contribution in [0.1, 0.15) is 29.0 Å². The summed E-state index contributed by atoms with van der Waals surface area (Å²) in [5.41, 5.74) is 2.26. The van der Waals surface area contributed by atoms with E-state index in [0.717, 1.165) is 11.3 Å². The van der Waals surface area contributed by atoms with Gasteiger partial charge < -0.3 is 10.6 Å². The second-order valence-corrected chi connectivity index (χ2v) is 4.87. The molecule has 2 aromatic rings. The maximum atomic E-state index is 12.1. The molecule has 20 heavy (non-hydrogen) atoms. The predicted molar refractivity (Wildman–Crippen MR) is 81.1 cm³/mol. The van der Waals surface area contributed by atoms with E-state index in [4.69, 9.17) is 11.6 Å². The second-order valence-electron chi connectivity index (χ2n) is 4.43. The monoisotopic (exact) mass is 289 g/mol. The van der Waals surface area contributed by atoms with Gasteiger partial charge in [-0.25, -0.2) is 4.98 Å². The van der Waals surface area contributed by atoms with Gasteiger partial charge in [0.2, 0.25) is 0 Å². The highest BCUT2D eigenvalue weighted by atomic mass is 35.5. The molecular weight excluding hydrogens is 274 g/mol. The molecule has 0 saturated carbocycles. The topological polar surface area (TPSA) is 54.0 Å². The van der Waals surface area contributed by atoms with E-state index in [-0.39, 0.29) is 11.9 Å². The number of hydrogen-bond acceptors (Lipinski definition) is 3. The Morgan fingerprint density at radius 1 is 1.20 bits per heavy atom. The molecular formula is C15H16ClN3O. The van der Waals surface area contributed by atoms with Crippen molar-refractivity contribution in [2.24, 2.45) is 0 Å². The molecule has 1 heterocycles. The smallest absolute Gasteiger partial charge is 0.270 e. The SMILES string of the molecule is CNc1ccc(C(=O)NC(C)c2ccc(Cl)cc2)nc1. The number of nitrogens with zero attached hydrogens (tertiary/aromatic N) is 1. The fourth-order valence-corrected chi connectivity index (χ4v) is 1.91. The summed E-state index contributed by atoms with van der Waals surface area (Å²) in [7, 11) is 1.80. The van der Waals surface area contributed by atoms with Gasteiger partial charge in [-0.3, -0.25) is 4.79 Å². The minimum absolute atomic E-state index is 0.106. The molecule has 1 aromatic heterocycles. The fraction of sp³-hybridized carbons (Fsp3) is 0.200. The second kappa shape index (κ2) is 6.39. The van der Waals surface area contributed by atoms with Crippen molar-refractivity contribution in [2.45, 2.75) is 13.0 Å². The Morgan fingerprint density at radius 3 is 2.45 bits per heavy atom. The van der Waals surface area contributed by atoms with Crippen molar-refractivity contribution in [3.05, 3.63) is 58.9 Å².